The quantitative estimate of drug-likeness (QED) is 0.158. The first kappa shape index (κ1) is 31.4. The average Bonchev–Trinajstić information content (AvgIpc) is 3.01. The van der Waals surface area contributed by atoms with Gasteiger partial charge in [-0.3, -0.25) is 0 Å². The standard InChI is InChI=1S/C36H54N4/c1-7-11-27-39(28-12-8-2)35-23-19-33(20-24-35)37(5)31-15-17-32(18-16-31)38(6)34-21-25-36(26-22-34)40(29-13-9-3)30-14-10-4/h15-26H,7-14,27-30H2,1-6H3. The lowest BCUT2D eigenvalue weighted by molar-refractivity contribution is 0.678. The van der Waals surface area contributed by atoms with Crippen molar-refractivity contribution in [2.75, 3.05) is 59.9 Å². The Balaban J connectivity index is 1.66. The Kier molecular flexibility index (Phi) is 13.2. The number of unbranched alkanes of at least 4 members (excludes halogenated alkanes) is 4. The van der Waals surface area contributed by atoms with Crippen molar-refractivity contribution in [3.63, 3.8) is 0 Å². The molecule has 0 heterocycles. The van der Waals surface area contributed by atoms with Crippen LogP contribution in [0.4, 0.5) is 34.1 Å². The van der Waals surface area contributed by atoms with Gasteiger partial charge < -0.3 is 19.6 Å². The topological polar surface area (TPSA) is 13.0 Å². The molecule has 3 aromatic carbocycles. The van der Waals surface area contributed by atoms with Crippen LogP contribution in [0.1, 0.15) is 79.1 Å². The average molecular weight is 543 g/mol. The lowest BCUT2D eigenvalue weighted by Crippen LogP contribution is -2.25. The summed E-state index contributed by atoms with van der Waals surface area (Å²) in [4.78, 5) is 9.63. The zero-order valence-corrected chi connectivity index (χ0v) is 26.2. The van der Waals surface area contributed by atoms with E-state index in [1.165, 1.54) is 85.5 Å². The monoisotopic (exact) mass is 542 g/mol. The van der Waals surface area contributed by atoms with Crippen LogP contribution in [0.2, 0.25) is 0 Å². The molecule has 0 radical (unpaired) electrons. The maximum absolute atomic E-state index is 2.54. The Hall–Kier alpha value is -3.14. The molecule has 40 heavy (non-hydrogen) atoms. The molecule has 4 heteroatoms. The lowest BCUT2D eigenvalue weighted by atomic mass is 10.1. The maximum Gasteiger partial charge on any atom is 0.0409 e. The lowest BCUT2D eigenvalue weighted by Gasteiger charge is -2.27. The van der Waals surface area contributed by atoms with Crippen LogP contribution in [0, 0.1) is 0 Å². The Bertz CT molecular complexity index is 971. The summed E-state index contributed by atoms with van der Waals surface area (Å²) in [7, 11) is 4.31. The Morgan fingerprint density at radius 1 is 0.350 bits per heavy atom. The van der Waals surface area contributed by atoms with Crippen LogP contribution in [-0.4, -0.2) is 40.3 Å². The third-order valence-corrected chi connectivity index (χ3v) is 7.95. The fourth-order valence-corrected chi connectivity index (χ4v) is 5.11. The van der Waals surface area contributed by atoms with Crippen molar-refractivity contribution < 1.29 is 0 Å². The molecule has 4 nitrogen and oxygen atoms in total. The van der Waals surface area contributed by atoms with E-state index in [1.807, 2.05) is 0 Å². The molecule has 218 valence electrons. The maximum atomic E-state index is 2.54. The molecular weight excluding hydrogens is 488 g/mol. The van der Waals surface area contributed by atoms with Crippen molar-refractivity contribution in [1.29, 1.82) is 0 Å². The largest absolute Gasteiger partial charge is 0.372 e. The smallest absolute Gasteiger partial charge is 0.0409 e. The summed E-state index contributed by atoms with van der Waals surface area (Å²) in [6, 6.07) is 27.1. The molecule has 0 unspecified atom stereocenters. The van der Waals surface area contributed by atoms with Crippen LogP contribution in [0.3, 0.4) is 0 Å². The minimum atomic E-state index is 1.14. The van der Waals surface area contributed by atoms with Gasteiger partial charge in [0.05, 0.1) is 0 Å². The second-order valence-electron chi connectivity index (χ2n) is 11.1. The molecular formula is C36H54N4. The van der Waals surface area contributed by atoms with Crippen molar-refractivity contribution in [2.45, 2.75) is 79.1 Å². The van der Waals surface area contributed by atoms with Crippen LogP contribution in [0.25, 0.3) is 0 Å². The van der Waals surface area contributed by atoms with Crippen molar-refractivity contribution in [1.82, 2.24) is 0 Å². The first-order valence-electron chi connectivity index (χ1n) is 15.8. The number of anilines is 6. The molecule has 3 aromatic rings. The molecule has 0 saturated heterocycles. The van der Waals surface area contributed by atoms with Gasteiger partial charge in [-0.15, -0.1) is 0 Å². The molecule has 0 aromatic heterocycles. The molecule has 0 aliphatic heterocycles. The number of rotatable bonds is 18. The van der Waals surface area contributed by atoms with E-state index in [0.29, 0.717) is 0 Å². The van der Waals surface area contributed by atoms with E-state index >= 15 is 0 Å². The van der Waals surface area contributed by atoms with Gasteiger partial charge in [0.25, 0.3) is 0 Å². The molecule has 0 aliphatic carbocycles. The van der Waals surface area contributed by atoms with Crippen molar-refractivity contribution in [3.8, 4) is 0 Å². The van der Waals surface area contributed by atoms with E-state index in [4.69, 9.17) is 0 Å². The van der Waals surface area contributed by atoms with E-state index in [2.05, 4.69) is 134 Å². The van der Waals surface area contributed by atoms with Gasteiger partial charge in [-0.05, 0) is 98.5 Å². The molecule has 0 spiro atoms. The summed E-state index contributed by atoms with van der Waals surface area (Å²) >= 11 is 0. The van der Waals surface area contributed by atoms with Gasteiger partial charge in [0.15, 0.2) is 0 Å². The number of hydrogen-bond donors (Lipinski definition) is 0. The highest BCUT2D eigenvalue weighted by atomic mass is 15.1. The van der Waals surface area contributed by atoms with Crippen molar-refractivity contribution in [2.24, 2.45) is 0 Å². The van der Waals surface area contributed by atoms with Crippen molar-refractivity contribution in [3.05, 3.63) is 72.8 Å². The Morgan fingerprint density at radius 3 is 0.750 bits per heavy atom. The van der Waals surface area contributed by atoms with E-state index in [-0.39, 0.29) is 0 Å². The SMILES string of the molecule is CCCCN(CCCC)c1ccc(N(C)c2ccc(N(C)c3ccc(N(CCCC)CCCC)cc3)cc2)cc1. The minimum absolute atomic E-state index is 1.14. The van der Waals surface area contributed by atoms with Gasteiger partial charge in [0, 0.05) is 74.4 Å². The molecule has 0 atom stereocenters. The number of hydrogen-bond acceptors (Lipinski definition) is 4. The predicted octanol–water partition coefficient (Wildman–Crippen LogP) is 10.0. The number of nitrogens with zero attached hydrogens (tertiary/aromatic N) is 4. The minimum Gasteiger partial charge on any atom is -0.372 e. The fraction of sp³-hybridized carbons (Fsp3) is 0.500. The number of benzene rings is 3. The summed E-state index contributed by atoms with van der Waals surface area (Å²) < 4.78 is 0. The highest BCUT2D eigenvalue weighted by molar-refractivity contribution is 5.70. The summed E-state index contributed by atoms with van der Waals surface area (Å²) in [6.07, 6.45) is 9.90. The summed E-state index contributed by atoms with van der Waals surface area (Å²) in [6.45, 7) is 13.6. The van der Waals surface area contributed by atoms with Crippen LogP contribution in [-0.2, 0) is 0 Å². The molecule has 0 aliphatic rings. The van der Waals surface area contributed by atoms with Gasteiger partial charge >= 0.3 is 0 Å². The molecule has 0 fully saturated rings. The van der Waals surface area contributed by atoms with Gasteiger partial charge in [-0.25, -0.2) is 0 Å². The van der Waals surface area contributed by atoms with Crippen LogP contribution in [0.5, 0.6) is 0 Å². The first-order chi connectivity index (χ1) is 19.5. The fourth-order valence-electron chi connectivity index (χ4n) is 5.11. The summed E-state index contributed by atoms with van der Waals surface area (Å²) in [5.74, 6) is 0. The molecule has 0 saturated carbocycles. The van der Waals surface area contributed by atoms with Gasteiger partial charge in [0.2, 0.25) is 0 Å². The third-order valence-electron chi connectivity index (χ3n) is 7.95. The second kappa shape index (κ2) is 16.8. The zero-order valence-electron chi connectivity index (χ0n) is 26.2. The molecule has 3 rings (SSSR count). The molecule has 0 bridgehead atoms. The Morgan fingerprint density at radius 2 is 0.550 bits per heavy atom. The highest BCUT2D eigenvalue weighted by Gasteiger charge is 2.11. The van der Waals surface area contributed by atoms with Gasteiger partial charge in [0.1, 0.15) is 0 Å². The van der Waals surface area contributed by atoms with Gasteiger partial charge in [-0.2, -0.15) is 0 Å². The molecule has 0 amide bonds. The third kappa shape index (κ3) is 8.94. The van der Waals surface area contributed by atoms with Gasteiger partial charge in [-0.1, -0.05) is 53.4 Å². The summed E-state index contributed by atoms with van der Waals surface area (Å²) in [5.41, 5.74) is 7.47. The van der Waals surface area contributed by atoms with E-state index < -0.39 is 0 Å². The van der Waals surface area contributed by atoms with E-state index in [9.17, 15) is 0 Å². The normalized spacial score (nSPS) is 10.9. The first-order valence-corrected chi connectivity index (χ1v) is 15.8. The molecule has 0 N–H and O–H groups in total. The zero-order chi connectivity index (χ0) is 28.7. The summed E-state index contributed by atoms with van der Waals surface area (Å²) in [5, 5.41) is 0. The second-order valence-corrected chi connectivity index (χ2v) is 11.1. The highest BCUT2D eigenvalue weighted by Crippen LogP contribution is 2.31. The van der Waals surface area contributed by atoms with Crippen LogP contribution in [0.15, 0.2) is 72.8 Å². The van der Waals surface area contributed by atoms with Crippen LogP contribution < -0.4 is 19.6 Å². The predicted molar refractivity (Wildman–Crippen MR) is 180 cm³/mol. The van der Waals surface area contributed by atoms with Crippen molar-refractivity contribution >= 4 is 34.1 Å². The van der Waals surface area contributed by atoms with E-state index in [0.717, 1.165) is 26.2 Å². The van der Waals surface area contributed by atoms with E-state index in [1.54, 1.807) is 0 Å². The van der Waals surface area contributed by atoms with Crippen LogP contribution >= 0.6 is 0 Å². The Labute approximate surface area is 245 Å².